The molecule has 1 nitrogen and oxygen atoms in total. The van der Waals surface area contributed by atoms with Crippen molar-refractivity contribution in [3.8, 4) is 0 Å². The van der Waals surface area contributed by atoms with Crippen LogP contribution >= 0.6 is 0 Å². The molecule has 1 heteroatoms. The van der Waals surface area contributed by atoms with Crippen molar-refractivity contribution in [3.63, 3.8) is 0 Å². The lowest BCUT2D eigenvalue weighted by atomic mass is 10.0. The van der Waals surface area contributed by atoms with Gasteiger partial charge in [-0.3, -0.25) is 0 Å². The summed E-state index contributed by atoms with van der Waals surface area (Å²) >= 11 is 0. The third-order valence-corrected chi connectivity index (χ3v) is 3.38. The monoisotopic (exact) mass is 233 g/mol. The van der Waals surface area contributed by atoms with Gasteiger partial charge < -0.3 is 4.57 Å². The Morgan fingerprint density at radius 1 is 0.944 bits per heavy atom. The normalized spacial score (nSPS) is 10.7. The molecule has 1 heterocycles. The summed E-state index contributed by atoms with van der Waals surface area (Å²) in [5.41, 5.74) is 4.64. The van der Waals surface area contributed by atoms with E-state index in [-0.39, 0.29) is 0 Å². The van der Waals surface area contributed by atoms with Crippen LogP contribution in [0.4, 0.5) is 0 Å². The highest BCUT2D eigenvalue weighted by atomic mass is 14.9. The quantitative estimate of drug-likeness (QED) is 0.624. The van der Waals surface area contributed by atoms with Gasteiger partial charge in [0.2, 0.25) is 0 Å². The van der Waals surface area contributed by atoms with Crippen LogP contribution in [0, 0.1) is 0 Å². The first-order chi connectivity index (χ1) is 8.77. The van der Waals surface area contributed by atoms with Crippen LogP contribution in [-0.2, 0) is 7.05 Å². The fourth-order valence-electron chi connectivity index (χ4n) is 2.37. The fraction of sp³-hybridized carbons (Fsp3) is 0.0588. The summed E-state index contributed by atoms with van der Waals surface area (Å²) in [7, 11) is 2.09. The second-order valence-corrected chi connectivity index (χ2v) is 4.49. The molecule has 0 aliphatic carbocycles. The van der Waals surface area contributed by atoms with Crippen molar-refractivity contribution in [2.24, 2.45) is 7.05 Å². The van der Waals surface area contributed by atoms with Crippen LogP contribution in [0.15, 0.2) is 67.2 Å². The number of hydrogen-bond acceptors (Lipinski definition) is 0. The van der Waals surface area contributed by atoms with E-state index in [1.807, 2.05) is 18.2 Å². The highest BCUT2D eigenvalue weighted by Gasteiger charge is 2.09. The molecule has 0 N–H and O–H groups in total. The molecule has 0 fully saturated rings. The number of aromatic nitrogens is 1. The van der Waals surface area contributed by atoms with Gasteiger partial charge in [0.25, 0.3) is 0 Å². The fourth-order valence-corrected chi connectivity index (χ4v) is 2.37. The summed E-state index contributed by atoms with van der Waals surface area (Å²) in [6.45, 7) is 4.23. The van der Waals surface area contributed by atoms with Gasteiger partial charge in [0.05, 0.1) is 0 Å². The number of para-hydroxylation sites is 1. The molecule has 0 saturated heterocycles. The number of hydrogen-bond donors (Lipinski definition) is 0. The largest absolute Gasteiger partial charge is 0.344 e. The lowest BCUT2D eigenvalue weighted by molar-refractivity contribution is 0.949. The standard InChI is InChI=1S/C17H15N/c1-13(14-8-4-3-5-9-14)17-12-15-10-6-7-11-16(15)18(17)2/h3-12H,1H2,2H3. The minimum absolute atomic E-state index is 1.06. The van der Waals surface area contributed by atoms with Gasteiger partial charge in [-0.1, -0.05) is 55.1 Å². The third kappa shape index (κ3) is 1.65. The van der Waals surface area contributed by atoms with E-state index in [1.54, 1.807) is 0 Å². The van der Waals surface area contributed by atoms with E-state index >= 15 is 0 Å². The summed E-state index contributed by atoms with van der Waals surface area (Å²) in [6, 6.07) is 20.9. The summed E-state index contributed by atoms with van der Waals surface area (Å²) in [6.07, 6.45) is 0. The molecule has 1 aromatic heterocycles. The number of aryl methyl sites for hydroxylation is 1. The second kappa shape index (κ2) is 4.19. The molecule has 0 spiro atoms. The first-order valence-corrected chi connectivity index (χ1v) is 6.06. The minimum atomic E-state index is 1.06. The Kier molecular flexibility index (Phi) is 2.52. The first-order valence-electron chi connectivity index (χ1n) is 6.06. The first kappa shape index (κ1) is 10.8. The molecule has 0 unspecified atom stereocenters. The van der Waals surface area contributed by atoms with Gasteiger partial charge in [0.1, 0.15) is 0 Å². The molecule has 0 aliphatic rings. The summed E-state index contributed by atoms with van der Waals surface area (Å²) in [4.78, 5) is 0. The van der Waals surface area contributed by atoms with Gasteiger partial charge in [0, 0.05) is 23.6 Å². The Bertz CT molecular complexity index is 705. The zero-order valence-electron chi connectivity index (χ0n) is 10.4. The summed E-state index contributed by atoms with van der Waals surface area (Å²) in [5.74, 6) is 0. The van der Waals surface area contributed by atoms with Gasteiger partial charge in [-0.15, -0.1) is 0 Å². The van der Waals surface area contributed by atoms with E-state index in [0.717, 1.165) is 5.57 Å². The molecular formula is C17H15N. The predicted molar refractivity (Wildman–Crippen MR) is 77.5 cm³/mol. The van der Waals surface area contributed by atoms with Crippen LogP contribution in [0.25, 0.3) is 16.5 Å². The lowest BCUT2D eigenvalue weighted by Gasteiger charge is -2.07. The van der Waals surface area contributed by atoms with E-state index in [1.165, 1.54) is 22.2 Å². The molecular weight excluding hydrogens is 218 g/mol. The third-order valence-electron chi connectivity index (χ3n) is 3.38. The predicted octanol–water partition coefficient (Wildman–Crippen LogP) is 4.24. The van der Waals surface area contributed by atoms with E-state index in [2.05, 4.69) is 60.7 Å². The zero-order valence-corrected chi connectivity index (χ0v) is 10.4. The molecule has 3 aromatic rings. The minimum Gasteiger partial charge on any atom is -0.344 e. The van der Waals surface area contributed by atoms with Gasteiger partial charge >= 0.3 is 0 Å². The van der Waals surface area contributed by atoms with E-state index in [0.29, 0.717) is 0 Å². The average Bonchev–Trinajstić information content (AvgIpc) is 2.77. The van der Waals surface area contributed by atoms with Crippen molar-refractivity contribution in [2.45, 2.75) is 0 Å². The second-order valence-electron chi connectivity index (χ2n) is 4.49. The van der Waals surface area contributed by atoms with Crippen LogP contribution in [0.3, 0.4) is 0 Å². The maximum atomic E-state index is 4.23. The molecule has 0 atom stereocenters. The zero-order chi connectivity index (χ0) is 12.5. The van der Waals surface area contributed by atoms with Crippen LogP contribution in [-0.4, -0.2) is 4.57 Å². The van der Waals surface area contributed by atoms with Crippen LogP contribution < -0.4 is 0 Å². The van der Waals surface area contributed by atoms with E-state index in [9.17, 15) is 0 Å². The van der Waals surface area contributed by atoms with Crippen LogP contribution in [0.5, 0.6) is 0 Å². The topological polar surface area (TPSA) is 4.93 Å². The van der Waals surface area contributed by atoms with E-state index in [4.69, 9.17) is 0 Å². The van der Waals surface area contributed by atoms with Crippen molar-refractivity contribution >= 4 is 16.5 Å². The Hall–Kier alpha value is -2.28. The molecule has 88 valence electrons. The van der Waals surface area contributed by atoms with Crippen LogP contribution in [0.2, 0.25) is 0 Å². The van der Waals surface area contributed by atoms with Gasteiger partial charge in [-0.05, 0) is 23.3 Å². The summed E-state index contributed by atoms with van der Waals surface area (Å²) in [5, 5.41) is 1.26. The highest BCUT2D eigenvalue weighted by Crippen LogP contribution is 2.27. The van der Waals surface area contributed by atoms with Crippen molar-refractivity contribution in [1.82, 2.24) is 4.57 Å². The lowest BCUT2D eigenvalue weighted by Crippen LogP contribution is -1.95. The molecule has 0 amide bonds. The van der Waals surface area contributed by atoms with Gasteiger partial charge in [0.15, 0.2) is 0 Å². The smallest absolute Gasteiger partial charge is 0.0488 e. The van der Waals surface area contributed by atoms with Crippen LogP contribution in [0.1, 0.15) is 11.3 Å². The summed E-state index contributed by atoms with van der Waals surface area (Å²) < 4.78 is 2.20. The van der Waals surface area contributed by atoms with E-state index < -0.39 is 0 Å². The average molecular weight is 233 g/mol. The van der Waals surface area contributed by atoms with Crippen molar-refractivity contribution in [1.29, 1.82) is 0 Å². The van der Waals surface area contributed by atoms with Gasteiger partial charge in [-0.25, -0.2) is 0 Å². The molecule has 0 saturated carbocycles. The Morgan fingerprint density at radius 2 is 1.61 bits per heavy atom. The molecule has 3 rings (SSSR count). The Morgan fingerprint density at radius 3 is 2.33 bits per heavy atom. The molecule has 18 heavy (non-hydrogen) atoms. The van der Waals surface area contributed by atoms with Crippen molar-refractivity contribution < 1.29 is 0 Å². The maximum absolute atomic E-state index is 4.23. The SMILES string of the molecule is C=C(c1ccccc1)c1cc2ccccc2n1C. The number of rotatable bonds is 2. The number of nitrogens with zero attached hydrogens (tertiary/aromatic N) is 1. The Balaban J connectivity index is 2.15. The molecule has 0 bridgehead atoms. The Labute approximate surface area is 107 Å². The maximum Gasteiger partial charge on any atom is 0.0488 e. The number of fused-ring (bicyclic) bond motifs is 1. The van der Waals surface area contributed by atoms with Gasteiger partial charge in [-0.2, -0.15) is 0 Å². The number of benzene rings is 2. The van der Waals surface area contributed by atoms with Crippen molar-refractivity contribution in [3.05, 3.63) is 78.5 Å². The highest BCUT2D eigenvalue weighted by molar-refractivity contribution is 5.88. The van der Waals surface area contributed by atoms with Crippen molar-refractivity contribution in [2.75, 3.05) is 0 Å². The molecule has 0 radical (unpaired) electrons. The molecule has 2 aromatic carbocycles. The molecule has 0 aliphatic heterocycles.